The highest BCUT2D eigenvalue weighted by Crippen LogP contribution is 2.39. The molecule has 0 aromatic rings. The smallest absolute Gasteiger partial charge is 0.0383 e. The maximum atomic E-state index is 2.41. The Bertz CT molecular complexity index is 176. The predicted octanol–water partition coefficient (Wildman–Crippen LogP) is 5.56. The molecule has 2 aliphatic carbocycles. The Balaban J connectivity index is 1.81. The van der Waals surface area contributed by atoms with Crippen LogP contribution in [0.25, 0.3) is 0 Å². The van der Waals surface area contributed by atoms with Gasteiger partial charge in [0.1, 0.15) is 0 Å². The van der Waals surface area contributed by atoms with Crippen molar-refractivity contribution in [1.82, 2.24) is 0 Å². The summed E-state index contributed by atoms with van der Waals surface area (Å²) in [6.07, 6.45) is 18.3. The van der Waals surface area contributed by atoms with Crippen molar-refractivity contribution in [2.75, 3.05) is 0 Å². The molecule has 0 amide bonds. The summed E-state index contributed by atoms with van der Waals surface area (Å²) in [4.78, 5) is 0. The van der Waals surface area contributed by atoms with Crippen molar-refractivity contribution in [2.45, 2.75) is 84.0 Å². The quantitative estimate of drug-likeness (QED) is 0.548. The largest absolute Gasteiger partial charge is 0.0651 e. The van der Waals surface area contributed by atoms with Gasteiger partial charge in [-0.3, -0.25) is 0 Å². The number of hydrogen-bond acceptors (Lipinski definition) is 0. The van der Waals surface area contributed by atoms with E-state index in [9.17, 15) is 0 Å². The lowest BCUT2D eigenvalue weighted by Gasteiger charge is -2.33. The van der Waals surface area contributed by atoms with Crippen molar-refractivity contribution in [3.63, 3.8) is 0 Å². The van der Waals surface area contributed by atoms with Gasteiger partial charge in [0.15, 0.2) is 0 Å². The molecule has 0 bridgehead atoms. The van der Waals surface area contributed by atoms with Crippen LogP contribution in [0.5, 0.6) is 0 Å². The van der Waals surface area contributed by atoms with E-state index in [1.807, 2.05) is 0 Å². The Morgan fingerprint density at radius 3 is 1.88 bits per heavy atom. The third kappa shape index (κ3) is 3.50. The minimum absolute atomic E-state index is 1.08. The summed E-state index contributed by atoms with van der Waals surface area (Å²) >= 11 is 0. The standard InChI is InChI=1S/C16H30/c1-2-15-11-7-8-12-16(15)13-14-9-5-3-4-6-10-14/h14-16H,2-13H2,1H3. The Labute approximate surface area is 102 Å². The van der Waals surface area contributed by atoms with Gasteiger partial charge in [-0.05, 0) is 24.2 Å². The first-order chi connectivity index (χ1) is 7.90. The van der Waals surface area contributed by atoms with Crippen LogP contribution < -0.4 is 0 Å². The topological polar surface area (TPSA) is 0 Å². The monoisotopic (exact) mass is 222 g/mol. The van der Waals surface area contributed by atoms with Crippen LogP contribution in [0, 0.1) is 17.8 Å². The predicted molar refractivity (Wildman–Crippen MR) is 71.5 cm³/mol. The number of hydrogen-bond donors (Lipinski definition) is 0. The molecule has 2 fully saturated rings. The second-order valence-electron chi connectivity index (χ2n) is 6.31. The van der Waals surface area contributed by atoms with Crippen LogP contribution in [0.1, 0.15) is 84.0 Å². The molecule has 0 aromatic heterocycles. The normalized spacial score (nSPS) is 33.6. The summed E-state index contributed by atoms with van der Waals surface area (Å²) in [6.45, 7) is 2.41. The molecule has 2 atom stereocenters. The highest BCUT2D eigenvalue weighted by Gasteiger charge is 2.26. The molecule has 0 heteroatoms. The molecule has 0 saturated heterocycles. The molecule has 0 aromatic carbocycles. The van der Waals surface area contributed by atoms with Crippen LogP contribution in [-0.2, 0) is 0 Å². The van der Waals surface area contributed by atoms with Crippen LogP contribution in [0.4, 0.5) is 0 Å². The fourth-order valence-electron chi connectivity index (χ4n) is 4.16. The SMILES string of the molecule is CCC1CCCCC1CC1CCCCCC1. The Kier molecular flexibility index (Phi) is 5.19. The van der Waals surface area contributed by atoms with E-state index in [2.05, 4.69) is 6.92 Å². The zero-order valence-corrected chi connectivity index (χ0v) is 11.2. The molecule has 0 N–H and O–H groups in total. The molecule has 0 nitrogen and oxygen atoms in total. The first kappa shape index (κ1) is 12.5. The molecule has 0 aliphatic heterocycles. The minimum Gasteiger partial charge on any atom is -0.0651 e. The van der Waals surface area contributed by atoms with Crippen molar-refractivity contribution < 1.29 is 0 Å². The maximum absolute atomic E-state index is 2.41. The van der Waals surface area contributed by atoms with Crippen LogP contribution in [0.2, 0.25) is 0 Å². The molecule has 0 spiro atoms. The fourth-order valence-corrected chi connectivity index (χ4v) is 4.16. The second-order valence-corrected chi connectivity index (χ2v) is 6.31. The van der Waals surface area contributed by atoms with Crippen molar-refractivity contribution in [2.24, 2.45) is 17.8 Å². The molecule has 0 radical (unpaired) electrons. The van der Waals surface area contributed by atoms with Crippen molar-refractivity contribution >= 4 is 0 Å². The molecular weight excluding hydrogens is 192 g/mol. The van der Waals surface area contributed by atoms with E-state index in [1.165, 1.54) is 51.4 Å². The van der Waals surface area contributed by atoms with Gasteiger partial charge in [-0.2, -0.15) is 0 Å². The van der Waals surface area contributed by atoms with E-state index in [4.69, 9.17) is 0 Å². The third-order valence-corrected chi connectivity index (χ3v) is 5.20. The zero-order chi connectivity index (χ0) is 11.2. The van der Waals surface area contributed by atoms with E-state index >= 15 is 0 Å². The van der Waals surface area contributed by atoms with Crippen molar-refractivity contribution in [1.29, 1.82) is 0 Å². The molecule has 16 heavy (non-hydrogen) atoms. The zero-order valence-electron chi connectivity index (χ0n) is 11.2. The second kappa shape index (κ2) is 6.67. The van der Waals surface area contributed by atoms with E-state index in [0.29, 0.717) is 0 Å². The van der Waals surface area contributed by atoms with Gasteiger partial charge < -0.3 is 0 Å². The first-order valence-electron chi connectivity index (χ1n) is 7.90. The average Bonchev–Trinajstić information content (AvgIpc) is 2.58. The van der Waals surface area contributed by atoms with Crippen molar-refractivity contribution in [3.8, 4) is 0 Å². The fraction of sp³-hybridized carbons (Fsp3) is 1.00. The Hall–Kier alpha value is 0. The summed E-state index contributed by atoms with van der Waals surface area (Å²) in [7, 11) is 0. The van der Waals surface area contributed by atoms with Crippen LogP contribution in [-0.4, -0.2) is 0 Å². The summed E-state index contributed by atoms with van der Waals surface area (Å²) in [5.41, 5.74) is 0. The molecule has 2 aliphatic rings. The van der Waals surface area contributed by atoms with Gasteiger partial charge in [-0.1, -0.05) is 77.6 Å². The van der Waals surface area contributed by atoms with Gasteiger partial charge in [0.25, 0.3) is 0 Å². The van der Waals surface area contributed by atoms with Gasteiger partial charge in [0.05, 0.1) is 0 Å². The van der Waals surface area contributed by atoms with Gasteiger partial charge in [-0.25, -0.2) is 0 Å². The average molecular weight is 222 g/mol. The molecule has 0 heterocycles. The highest BCUT2D eigenvalue weighted by atomic mass is 14.3. The van der Waals surface area contributed by atoms with Crippen LogP contribution in [0.3, 0.4) is 0 Å². The molecule has 2 saturated carbocycles. The van der Waals surface area contributed by atoms with Gasteiger partial charge in [0, 0.05) is 0 Å². The van der Waals surface area contributed by atoms with E-state index in [-0.39, 0.29) is 0 Å². The lowest BCUT2D eigenvalue weighted by Crippen LogP contribution is -2.21. The van der Waals surface area contributed by atoms with Gasteiger partial charge >= 0.3 is 0 Å². The number of rotatable bonds is 3. The minimum atomic E-state index is 1.08. The highest BCUT2D eigenvalue weighted by molar-refractivity contribution is 4.78. The summed E-state index contributed by atoms with van der Waals surface area (Å²) < 4.78 is 0. The molecule has 2 unspecified atom stereocenters. The van der Waals surface area contributed by atoms with E-state index in [0.717, 1.165) is 17.8 Å². The van der Waals surface area contributed by atoms with Crippen LogP contribution >= 0.6 is 0 Å². The summed E-state index contributed by atoms with van der Waals surface area (Å²) in [5.74, 6) is 3.28. The lowest BCUT2D eigenvalue weighted by atomic mass is 9.73. The molecular formula is C16H30. The van der Waals surface area contributed by atoms with E-state index < -0.39 is 0 Å². The summed E-state index contributed by atoms with van der Waals surface area (Å²) in [6, 6.07) is 0. The van der Waals surface area contributed by atoms with Gasteiger partial charge in [0.2, 0.25) is 0 Å². The van der Waals surface area contributed by atoms with Gasteiger partial charge in [-0.15, -0.1) is 0 Å². The third-order valence-electron chi connectivity index (χ3n) is 5.20. The maximum Gasteiger partial charge on any atom is -0.0383 e. The molecule has 2 rings (SSSR count). The van der Waals surface area contributed by atoms with Crippen molar-refractivity contribution in [3.05, 3.63) is 0 Å². The lowest BCUT2D eigenvalue weighted by molar-refractivity contribution is 0.184. The summed E-state index contributed by atoms with van der Waals surface area (Å²) in [5, 5.41) is 0. The Morgan fingerprint density at radius 1 is 0.688 bits per heavy atom. The molecule has 94 valence electrons. The Morgan fingerprint density at radius 2 is 1.25 bits per heavy atom. The first-order valence-corrected chi connectivity index (χ1v) is 7.90. The van der Waals surface area contributed by atoms with E-state index in [1.54, 1.807) is 25.7 Å². The van der Waals surface area contributed by atoms with Crippen LogP contribution in [0.15, 0.2) is 0 Å².